The number of nitrogens with zero attached hydrogens (tertiary/aromatic N) is 3. The smallest absolute Gasteiger partial charge is 0.0689 e. The largest absolute Gasteiger partial charge is 2.00 e. The fourth-order valence-corrected chi connectivity index (χ4v) is 0. The van der Waals surface area contributed by atoms with E-state index in [-0.39, 0.29) is 47.2 Å². The molecule has 84 valence electrons. The molecule has 0 aromatic rings. The monoisotopic (exact) mass is 342 g/mol. The van der Waals surface area contributed by atoms with Gasteiger partial charge in [0.05, 0.1) is 15.3 Å². The molecule has 0 saturated heterocycles. The summed E-state index contributed by atoms with van der Waals surface area (Å²) in [5, 5.41) is 44.2. The average molecular weight is 342 g/mol. The van der Waals surface area contributed by atoms with Crippen LogP contribution in [0.2, 0.25) is 0 Å². The van der Waals surface area contributed by atoms with Crippen molar-refractivity contribution in [2.45, 2.75) is 0 Å². The molecule has 0 spiro atoms. The maximum Gasteiger partial charge on any atom is 0.0689 e. The van der Waals surface area contributed by atoms with Gasteiger partial charge in [-0.2, -0.15) is 0 Å². The van der Waals surface area contributed by atoms with Gasteiger partial charge < -0.3 is 51.4 Å². The molecule has 0 aliphatic carbocycles. The zero-order valence-corrected chi connectivity index (χ0v) is 9.06. The van der Waals surface area contributed by atoms with Crippen molar-refractivity contribution in [2.75, 3.05) is 0 Å². The summed E-state index contributed by atoms with van der Waals surface area (Å²) in [5.74, 6) is 0. The van der Waals surface area contributed by atoms with Gasteiger partial charge in [-0.1, -0.05) is 0 Å². The van der Waals surface area contributed by atoms with Gasteiger partial charge in [-0.3, -0.25) is 0 Å². The quantitative estimate of drug-likeness (QED) is 0.394. The molecule has 0 atom stereocenters. The van der Waals surface area contributed by atoms with Gasteiger partial charge in [-0.05, 0) is 0 Å². The van der Waals surface area contributed by atoms with Crippen LogP contribution in [0.4, 0.5) is 0 Å². The van der Waals surface area contributed by atoms with Gasteiger partial charge in [-0.15, -0.1) is 0 Å². The minimum absolute atomic E-state index is 0. The van der Waals surface area contributed by atoms with E-state index in [1.54, 1.807) is 0 Å². The average Bonchev–Trinajstić information content (AvgIpc) is 1.54. The Morgan fingerprint density at radius 2 is 0.571 bits per heavy atom. The third-order valence-corrected chi connectivity index (χ3v) is 0. The van der Waals surface area contributed by atoms with Gasteiger partial charge in [0.2, 0.25) is 0 Å². The van der Waals surface area contributed by atoms with Crippen LogP contribution in [0.15, 0.2) is 0 Å². The van der Waals surface area contributed by atoms with Crippen molar-refractivity contribution < 1.29 is 62.5 Å². The summed E-state index contributed by atoms with van der Waals surface area (Å²) in [5.41, 5.74) is 0. The van der Waals surface area contributed by atoms with Crippen LogP contribution >= 0.6 is 0 Å². The maximum absolute atomic E-state index is 8.25. The number of hydrogen-bond acceptors (Lipinski definition) is 9. The molecule has 0 amide bonds. The van der Waals surface area contributed by atoms with Gasteiger partial charge in [0.1, 0.15) is 0 Å². The zero-order valence-electron chi connectivity index (χ0n) is 5.92. The van der Waals surface area contributed by atoms with Crippen LogP contribution in [0.5, 0.6) is 0 Å². The second-order valence-electron chi connectivity index (χ2n) is 0.671. The van der Waals surface area contributed by atoms with E-state index in [1.807, 2.05) is 0 Å². The van der Waals surface area contributed by atoms with E-state index < -0.39 is 15.3 Å². The van der Waals surface area contributed by atoms with Crippen LogP contribution in [0.25, 0.3) is 0 Å². The van der Waals surface area contributed by atoms with E-state index in [2.05, 4.69) is 0 Å². The third kappa shape index (κ3) is 955. The summed E-state index contributed by atoms with van der Waals surface area (Å²) in [6.45, 7) is 0. The van der Waals surface area contributed by atoms with E-state index in [4.69, 9.17) is 46.0 Å². The summed E-state index contributed by atoms with van der Waals surface area (Å²) in [6.07, 6.45) is 0. The first-order chi connectivity index (χ1) is 5.20. The van der Waals surface area contributed by atoms with E-state index in [0.717, 1.165) is 0 Å². The molecule has 14 heavy (non-hydrogen) atoms. The van der Waals surface area contributed by atoms with Crippen molar-refractivity contribution in [3.63, 3.8) is 0 Å². The third-order valence-electron chi connectivity index (χ3n) is 0. The van der Waals surface area contributed by atoms with Crippen molar-refractivity contribution in [3.05, 3.63) is 46.0 Å². The summed E-state index contributed by atoms with van der Waals surface area (Å²) in [7, 11) is 0. The molecule has 0 N–H and O–H groups in total. The number of hydrogen-bond donors (Lipinski definition) is 0. The maximum atomic E-state index is 8.25. The molecule has 14 heteroatoms. The molecular weight excluding hydrogens is 342 g/mol. The molecule has 0 heterocycles. The Hall–Kier alpha value is -1.06. The van der Waals surface area contributed by atoms with Crippen LogP contribution in [0, 0.1) is 87.7 Å². The van der Waals surface area contributed by atoms with Crippen molar-refractivity contribution in [1.82, 2.24) is 0 Å². The molecule has 0 fully saturated rings. The van der Waals surface area contributed by atoms with E-state index in [9.17, 15) is 0 Å². The molecule has 0 saturated carbocycles. The van der Waals surface area contributed by atoms with Gasteiger partial charge in [-0.25, -0.2) is 0 Å². The molecule has 0 rings (SSSR count). The molecule has 0 aromatic heterocycles. The summed E-state index contributed by atoms with van der Waals surface area (Å²) in [6, 6.07) is 0. The SMILES string of the molecule is O=[N+]([O-])[O-].O=[N+]([O-])[O-].O=[N+]([O-])[O-].[Ce].[O-2]. The van der Waals surface area contributed by atoms with Gasteiger partial charge in [0, 0.05) is 41.7 Å². The first-order valence-corrected chi connectivity index (χ1v) is 1.64. The Kier molecular flexibility index (Phi) is 47.4. The Labute approximate surface area is 108 Å². The van der Waals surface area contributed by atoms with Crippen molar-refractivity contribution in [1.29, 1.82) is 0 Å². The minimum Gasteiger partial charge on any atom is -2.00 e. The molecule has 0 aliphatic rings. The molecule has 13 nitrogen and oxygen atoms in total. The second-order valence-corrected chi connectivity index (χ2v) is 0.671. The molecular formula is CeN3O10-5. The van der Waals surface area contributed by atoms with Crippen molar-refractivity contribution in [3.8, 4) is 0 Å². The van der Waals surface area contributed by atoms with Gasteiger partial charge in [0.25, 0.3) is 0 Å². The van der Waals surface area contributed by atoms with Crippen molar-refractivity contribution >= 4 is 0 Å². The molecule has 0 aliphatic heterocycles. The molecule has 0 aromatic carbocycles. The van der Waals surface area contributed by atoms with Gasteiger partial charge in [0.15, 0.2) is 0 Å². The standard InChI is InChI=1S/Ce.3NO3.O/c;3*2-1(3)4;/q;3*-1;-2. The Balaban J connectivity index is -0.0000000270. The summed E-state index contributed by atoms with van der Waals surface area (Å²) < 4.78 is 0. The van der Waals surface area contributed by atoms with Gasteiger partial charge >= 0.3 is 0 Å². The van der Waals surface area contributed by atoms with Crippen LogP contribution in [-0.2, 0) is 5.48 Å². The molecule has 0 unspecified atom stereocenters. The van der Waals surface area contributed by atoms with Crippen LogP contribution in [0.1, 0.15) is 0 Å². The predicted octanol–water partition coefficient (Wildman–Crippen LogP) is -0.836. The Morgan fingerprint density at radius 1 is 0.571 bits per heavy atom. The molecule has 0 bridgehead atoms. The van der Waals surface area contributed by atoms with Crippen LogP contribution < -0.4 is 0 Å². The minimum atomic E-state index is -1.75. The van der Waals surface area contributed by atoms with Crippen LogP contribution in [0.3, 0.4) is 0 Å². The van der Waals surface area contributed by atoms with Crippen molar-refractivity contribution in [2.24, 2.45) is 0 Å². The zero-order chi connectivity index (χ0) is 10.7. The van der Waals surface area contributed by atoms with Crippen LogP contribution in [-0.4, -0.2) is 15.3 Å². The first-order valence-electron chi connectivity index (χ1n) is 1.64. The predicted molar refractivity (Wildman–Crippen MR) is 31.8 cm³/mol. The summed E-state index contributed by atoms with van der Waals surface area (Å²) in [4.78, 5) is 24.8. The van der Waals surface area contributed by atoms with E-state index in [1.165, 1.54) is 0 Å². The summed E-state index contributed by atoms with van der Waals surface area (Å²) >= 11 is 0. The Morgan fingerprint density at radius 3 is 0.571 bits per heavy atom. The normalized spacial score (nSPS) is 5.14. The topological polar surface area (TPSA) is 227 Å². The molecule has 0 radical (unpaired) electrons. The van der Waals surface area contributed by atoms with E-state index in [0.29, 0.717) is 0 Å². The van der Waals surface area contributed by atoms with E-state index >= 15 is 0 Å². The first kappa shape index (κ1) is 29.3. The Bertz CT molecular complexity index is 113. The second kappa shape index (κ2) is 22.7. The fourth-order valence-electron chi connectivity index (χ4n) is 0. The number of rotatable bonds is 0. The fraction of sp³-hybridized carbons (Fsp3) is 0.